The van der Waals surface area contributed by atoms with Crippen LogP contribution in [0.25, 0.3) is 0 Å². The Morgan fingerprint density at radius 3 is 2.33 bits per heavy atom. The Morgan fingerprint density at radius 1 is 1.50 bits per heavy atom. The first-order chi connectivity index (χ1) is 5.50. The van der Waals surface area contributed by atoms with Gasteiger partial charge in [-0.25, -0.2) is 3.11 Å². The third-order valence-electron chi connectivity index (χ3n) is 1.58. The molecule has 1 unspecified atom stereocenters. The monoisotopic (exact) mass is 285 g/mol. The Kier molecular flexibility index (Phi) is 5.77. The lowest BCUT2D eigenvalue weighted by Gasteiger charge is -2.29. The predicted octanol–water partition coefficient (Wildman–Crippen LogP) is 1.34. The Morgan fingerprint density at radius 2 is 2.00 bits per heavy atom. The van der Waals surface area contributed by atoms with Gasteiger partial charge in [-0.15, -0.1) is 0 Å². The Labute approximate surface area is 87.4 Å². The van der Waals surface area contributed by atoms with Gasteiger partial charge in [0.15, 0.2) is 12.6 Å². The molecular weight excluding hydrogens is 269 g/mol. The summed E-state index contributed by atoms with van der Waals surface area (Å²) in [6, 6.07) is 0.521. The molecule has 0 radical (unpaired) electrons. The maximum atomic E-state index is 6.73. The van der Waals surface area contributed by atoms with E-state index in [2.05, 4.69) is 39.8 Å². The van der Waals surface area contributed by atoms with Gasteiger partial charge < -0.3 is 4.74 Å². The molecule has 0 aromatic rings. The highest BCUT2D eigenvalue weighted by atomic mass is 127. The van der Waals surface area contributed by atoms with E-state index in [-0.39, 0.29) is 6.04 Å². The second-order valence-corrected chi connectivity index (χ2v) is 4.01. The second kappa shape index (κ2) is 5.71. The summed E-state index contributed by atoms with van der Waals surface area (Å²) in [5.41, 5.74) is 5.65. The summed E-state index contributed by atoms with van der Waals surface area (Å²) in [4.78, 5) is 0. The maximum Gasteiger partial charge on any atom is 0.169 e. The van der Waals surface area contributed by atoms with E-state index in [1.165, 1.54) is 0 Å². The summed E-state index contributed by atoms with van der Waals surface area (Å²) in [7, 11) is 0. The number of nitrogens with one attached hydrogen (secondary N) is 1. The van der Waals surface area contributed by atoms with Gasteiger partial charge in [-0.2, -0.15) is 0 Å². The smallest absolute Gasteiger partial charge is 0.169 e. The molecule has 0 fully saturated rings. The topological polar surface area (TPSA) is 62.3 Å². The molecule has 0 aliphatic carbocycles. The van der Waals surface area contributed by atoms with Crippen LogP contribution >= 0.6 is 22.9 Å². The van der Waals surface area contributed by atoms with Crippen molar-refractivity contribution in [1.29, 1.82) is 5.41 Å². The lowest BCUT2D eigenvalue weighted by molar-refractivity contribution is 0.124. The van der Waals surface area contributed by atoms with Crippen molar-refractivity contribution in [3.63, 3.8) is 0 Å². The van der Waals surface area contributed by atoms with Crippen LogP contribution in [-0.2, 0) is 4.74 Å². The van der Waals surface area contributed by atoms with Gasteiger partial charge in [0.1, 0.15) is 0 Å². The van der Waals surface area contributed by atoms with Crippen LogP contribution in [0.2, 0.25) is 0 Å². The van der Waals surface area contributed by atoms with Crippen LogP contribution in [0.5, 0.6) is 0 Å². The molecule has 0 bridgehead atoms. The van der Waals surface area contributed by atoms with Gasteiger partial charge in [0.25, 0.3) is 0 Å². The lowest BCUT2D eigenvalue weighted by atomic mass is 10.2. The lowest BCUT2D eigenvalue weighted by Crippen LogP contribution is -2.45. The van der Waals surface area contributed by atoms with Gasteiger partial charge >= 0.3 is 0 Å². The highest BCUT2D eigenvalue weighted by Crippen LogP contribution is 2.13. The Hall–Kier alpha value is 0.120. The summed E-state index contributed by atoms with van der Waals surface area (Å²) in [5, 5.41) is 6.73. The molecule has 0 aromatic carbocycles. The molecule has 0 saturated heterocycles. The quantitative estimate of drug-likeness (QED) is 0.263. The van der Waals surface area contributed by atoms with E-state index in [1.54, 1.807) is 0 Å². The number of rotatable bonds is 5. The van der Waals surface area contributed by atoms with Crippen molar-refractivity contribution in [1.82, 2.24) is 3.11 Å². The van der Waals surface area contributed by atoms with E-state index in [0.29, 0.717) is 6.04 Å². The molecule has 0 aliphatic heterocycles. The molecule has 0 aromatic heterocycles. The van der Waals surface area contributed by atoms with E-state index in [4.69, 9.17) is 15.9 Å². The fourth-order valence-corrected chi connectivity index (χ4v) is 1.12. The van der Waals surface area contributed by atoms with Gasteiger partial charge in [-0.3, -0.25) is 11.1 Å². The molecule has 0 saturated carbocycles. The third kappa shape index (κ3) is 3.68. The first kappa shape index (κ1) is 12.1. The van der Waals surface area contributed by atoms with Gasteiger partial charge in [-0.05, 0) is 20.8 Å². The van der Waals surface area contributed by atoms with Crippen molar-refractivity contribution in [2.75, 3.05) is 0 Å². The fourth-order valence-electron chi connectivity index (χ4n) is 0.803. The van der Waals surface area contributed by atoms with E-state index in [9.17, 15) is 0 Å². The average molecular weight is 285 g/mol. The van der Waals surface area contributed by atoms with E-state index >= 15 is 0 Å². The number of nitrogens with zero attached hydrogens (tertiary/aromatic N) is 1. The molecule has 72 valence electrons. The number of halogens is 1. The molecule has 2 atom stereocenters. The van der Waals surface area contributed by atoms with Crippen LogP contribution in [0, 0.1) is 5.41 Å². The van der Waals surface area contributed by atoms with Crippen LogP contribution < -0.4 is 5.73 Å². The van der Waals surface area contributed by atoms with Gasteiger partial charge in [0.2, 0.25) is 0 Å². The number of hydrogen-bond donors (Lipinski definition) is 2. The largest absolute Gasteiger partial charge is 0.464 e. The fraction of sp³-hybridized carbons (Fsp3) is 0.857. The van der Waals surface area contributed by atoms with E-state index < -0.39 is 6.23 Å². The standard InChI is InChI=1S/C7H16IN3O/c1-5(2)11(8)6(3)7(10)12-4-9/h4-7,9H,10H2,1-3H3/t6-,7?/m0/s1. The van der Waals surface area contributed by atoms with Crippen molar-refractivity contribution in [2.45, 2.75) is 39.1 Å². The highest BCUT2D eigenvalue weighted by Gasteiger charge is 2.21. The van der Waals surface area contributed by atoms with Gasteiger partial charge in [-0.1, -0.05) is 0 Å². The zero-order valence-corrected chi connectivity index (χ0v) is 9.78. The Bertz CT molecular complexity index is 143. The number of ether oxygens (including phenoxy) is 1. The minimum Gasteiger partial charge on any atom is -0.464 e. The van der Waals surface area contributed by atoms with Crippen LogP contribution in [0.3, 0.4) is 0 Å². The van der Waals surface area contributed by atoms with E-state index in [1.807, 2.05) is 6.92 Å². The maximum absolute atomic E-state index is 6.73. The van der Waals surface area contributed by atoms with Crippen LogP contribution in [0.4, 0.5) is 0 Å². The molecule has 0 spiro atoms. The van der Waals surface area contributed by atoms with Gasteiger partial charge in [0.05, 0.1) is 6.04 Å². The minimum absolute atomic E-state index is 0.104. The number of hydrogen-bond acceptors (Lipinski definition) is 4. The second-order valence-electron chi connectivity index (χ2n) is 2.90. The first-order valence-electron chi connectivity index (χ1n) is 3.84. The minimum atomic E-state index is -0.429. The summed E-state index contributed by atoms with van der Waals surface area (Å²) >= 11 is 2.21. The van der Waals surface area contributed by atoms with E-state index in [0.717, 1.165) is 6.40 Å². The zero-order valence-electron chi connectivity index (χ0n) is 7.62. The molecule has 0 aliphatic rings. The average Bonchev–Trinajstić information content (AvgIpc) is 2.02. The normalized spacial score (nSPS) is 16.2. The molecule has 0 rings (SSSR count). The van der Waals surface area contributed by atoms with Crippen molar-refractivity contribution in [2.24, 2.45) is 5.73 Å². The molecule has 0 heterocycles. The molecule has 3 N–H and O–H groups in total. The summed E-state index contributed by atoms with van der Waals surface area (Å²) in [5.74, 6) is 0. The van der Waals surface area contributed by atoms with Crippen molar-refractivity contribution >= 4 is 29.3 Å². The molecule has 0 amide bonds. The van der Waals surface area contributed by atoms with Crippen LogP contribution in [-0.4, -0.2) is 27.8 Å². The summed E-state index contributed by atoms with van der Waals surface area (Å²) in [6.07, 6.45) is 0.452. The molecule has 4 nitrogen and oxygen atoms in total. The molecular formula is C7H16IN3O. The van der Waals surface area contributed by atoms with Crippen LogP contribution in [0.15, 0.2) is 0 Å². The first-order valence-corrected chi connectivity index (χ1v) is 4.81. The third-order valence-corrected chi connectivity index (χ3v) is 3.58. The van der Waals surface area contributed by atoms with Crippen molar-refractivity contribution < 1.29 is 4.74 Å². The summed E-state index contributed by atoms with van der Waals surface area (Å²) < 4.78 is 6.92. The van der Waals surface area contributed by atoms with Gasteiger partial charge in [0, 0.05) is 28.9 Å². The highest BCUT2D eigenvalue weighted by molar-refractivity contribution is 14.1. The molecule has 12 heavy (non-hydrogen) atoms. The van der Waals surface area contributed by atoms with Crippen molar-refractivity contribution in [3.8, 4) is 0 Å². The molecule has 5 heteroatoms. The summed E-state index contributed by atoms with van der Waals surface area (Å²) in [6.45, 7) is 6.14. The predicted molar refractivity (Wildman–Crippen MR) is 58.3 cm³/mol. The van der Waals surface area contributed by atoms with Crippen LogP contribution in [0.1, 0.15) is 20.8 Å². The van der Waals surface area contributed by atoms with Crippen molar-refractivity contribution in [3.05, 3.63) is 0 Å². The zero-order chi connectivity index (χ0) is 9.72. The number of nitrogens with two attached hydrogens (primary N) is 1. The SMILES string of the molecule is CC(C)N(I)[C@@H](C)C(N)OC=N. The Balaban J connectivity index is 3.98.